The number of anilines is 1. The summed E-state index contributed by atoms with van der Waals surface area (Å²) in [7, 11) is -2.15. The molecule has 8 nitrogen and oxygen atoms in total. The van der Waals surface area contributed by atoms with Gasteiger partial charge in [-0.3, -0.25) is 9.69 Å². The van der Waals surface area contributed by atoms with Crippen LogP contribution in [0, 0.1) is 0 Å². The molecule has 0 spiro atoms. The number of aromatic nitrogens is 1. The van der Waals surface area contributed by atoms with Crippen molar-refractivity contribution in [2.24, 2.45) is 0 Å². The van der Waals surface area contributed by atoms with E-state index in [0.717, 1.165) is 35.9 Å². The molecule has 4 heterocycles. The lowest BCUT2D eigenvalue weighted by Crippen LogP contribution is -2.54. The maximum Gasteiger partial charge on any atom is 0.253 e. The molecule has 3 aromatic rings. The van der Waals surface area contributed by atoms with E-state index in [2.05, 4.69) is 0 Å². The Hall–Kier alpha value is -2.05. The molecule has 2 unspecified atom stereocenters. The third-order valence-corrected chi connectivity index (χ3v) is 10.6. The molecule has 0 saturated carbocycles. The Balaban J connectivity index is 1.50. The molecular formula is C23H27N3O5S3. The molecule has 5 rings (SSSR count). The summed E-state index contributed by atoms with van der Waals surface area (Å²) in [6, 6.07) is 8.20. The molecule has 11 heteroatoms. The van der Waals surface area contributed by atoms with Crippen molar-refractivity contribution in [1.82, 2.24) is 9.29 Å². The van der Waals surface area contributed by atoms with Crippen LogP contribution in [0.15, 0.2) is 39.9 Å². The first-order chi connectivity index (χ1) is 16.5. The number of thiazole rings is 1. The number of hydrogen-bond acceptors (Lipinski definition) is 8. The average molecular weight is 522 g/mol. The number of amides is 1. The van der Waals surface area contributed by atoms with Gasteiger partial charge in [0.25, 0.3) is 10.0 Å². The standard InChI is InChI=1S/C23H27N3O5S3/c1-30-16-9-10-20-18(14-16)24-23(33-20)25(15-17-6-4-12-31-17)22(27)19-7-2-3-11-26(19)34(28,29)21-8-5-13-32-21/h5,8-10,13-14,17,19H,2-4,6-7,11-12,15H2,1H3. The predicted molar refractivity (Wildman–Crippen MR) is 133 cm³/mol. The summed E-state index contributed by atoms with van der Waals surface area (Å²) >= 11 is 2.60. The van der Waals surface area contributed by atoms with Crippen molar-refractivity contribution < 1.29 is 22.7 Å². The van der Waals surface area contributed by atoms with E-state index in [1.807, 2.05) is 18.2 Å². The van der Waals surface area contributed by atoms with Gasteiger partial charge in [0.05, 0.1) is 30.0 Å². The van der Waals surface area contributed by atoms with E-state index in [4.69, 9.17) is 14.5 Å². The number of hydrogen-bond donors (Lipinski definition) is 0. The zero-order chi connectivity index (χ0) is 23.7. The first-order valence-corrected chi connectivity index (χ1v) is 14.5. The highest BCUT2D eigenvalue weighted by molar-refractivity contribution is 7.91. The van der Waals surface area contributed by atoms with Gasteiger partial charge in [-0.1, -0.05) is 23.8 Å². The van der Waals surface area contributed by atoms with E-state index in [-0.39, 0.29) is 16.2 Å². The number of carbonyl (C=O) groups excluding carboxylic acids is 1. The van der Waals surface area contributed by atoms with Crippen LogP contribution in [0.5, 0.6) is 5.75 Å². The predicted octanol–water partition coefficient (Wildman–Crippen LogP) is 4.12. The highest BCUT2D eigenvalue weighted by Gasteiger charge is 2.41. The smallest absolute Gasteiger partial charge is 0.253 e. The van der Waals surface area contributed by atoms with Crippen molar-refractivity contribution in [2.75, 3.05) is 31.7 Å². The monoisotopic (exact) mass is 521 g/mol. The molecule has 1 amide bonds. The van der Waals surface area contributed by atoms with E-state index in [9.17, 15) is 13.2 Å². The van der Waals surface area contributed by atoms with Crippen LogP contribution in [-0.2, 0) is 19.6 Å². The topological polar surface area (TPSA) is 89.0 Å². The number of carbonyl (C=O) groups is 1. The zero-order valence-electron chi connectivity index (χ0n) is 18.9. The number of nitrogens with zero attached hydrogens (tertiary/aromatic N) is 3. The number of piperidine rings is 1. The molecular weight excluding hydrogens is 494 g/mol. The molecule has 0 N–H and O–H groups in total. The molecule has 0 radical (unpaired) electrons. The van der Waals surface area contributed by atoms with E-state index in [1.54, 1.807) is 29.5 Å². The quantitative estimate of drug-likeness (QED) is 0.465. The van der Waals surface area contributed by atoms with Gasteiger partial charge in [-0.2, -0.15) is 4.31 Å². The summed E-state index contributed by atoms with van der Waals surface area (Å²) in [5.74, 6) is 0.461. The number of benzene rings is 1. The van der Waals surface area contributed by atoms with Gasteiger partial charge in [0.2, 0.25) is 5.91 Å². The molecule has 2 fully saturated rings. The highest BCUT2D eigenvalue weighted by Crippen LogP contribution is 2.35. The molecule has 0 bridgehead atoms. The van der Waals surface area contributed by atoms with Crippen LogP contribution in [0.25, 0.3) is 10.2 Å². The lowest BCUT2D eigenvalue weighted by Gasteiger charge is -2.36. The Morgan fingerprint density at radius 1 is 1.26 bits per heavy atom. The minimum atomic E-state index is -3.75. The number of methoxy groups -OCH3 is 1. The van der Waals surface area contributed by atoms with Gasteiger partial charge >= 0.3 is 0 Å². The van der Waals surface area contributed by atoms with Gasteiger partial charge in [-0.15, -0.1) is 11.3 Å². The molecule has 2 atom stereocenters. The second-order valence-electron chi connectivity index (χ2n) is 8.47. The van der Waals surface area contributed by atoms with Gasteiger partial charge in [0.15, 0.2) is 5.13 Å². The van der Waals surface area contributed by atoms with Gasteiger partial charge in [-0.05, 0) is 49.3 Å². The fraction of sp³-hybridized carbons (Fsp3) is 0.478. The summed E-state index contributed by atoms with van der Waals surface area (Å²) in [6.07, 6.45) is 3.76. The Bertz CT molecular complexity index is 1250. The summed E-state index contributed by atoms with van der Waals surface area (Å²) in [4.78, 5) is 20.4. The van der Waals surface area contributed by atoms with Crippen LogP contribution in [-0.4, -0.2) is 62.6 Å². The van der Waals surface area contributed by atoms with Crippen LogP contribution in [0.4, 0.5) is 5.13 Å². The van der Waals surface area contributed by atoms with Crippen LogP contribution in [0.2, 0.25) is 0 Å². The van der Waals surface area contributed by atoms with Crippen LogP contribution in [0.1, 0.15) is 32.1 Å². The van der Waals surface area contributed by atoms with Crippen molar-refractivity contribution in [1.29, 1.82) is 0 Å². The fourth-order valence-electron chi connectivity index (χ4n) is 4.54. The van der Waals surface area contributed by atoms with Crippen LogP contribution >= 0.6 is 22.7 Å². The van der Waals surface area contributed by atoms with E-state index in [0.29, 0.717) is 37.0 Å². The SMILES string of the molecule is COc1ccc2sc(N(CC3CCCO3)C(=O)C3CCCCN3S(=O)(=O)c3cccs3)nc2c1. The Morgan fingerprint density at radius 2 is 2.15 bits per heavy atom. The Labute approximate surface area is 207 Å². The van der Waals surface area contributed by atoms with Crippen molar-refractivity contribution in [3.05, 3.63) is 35.7 Å². The van der Waals surface area contributed by atoms with Gasteiger partial charge in [0, 0.05) is 19.2 Å². The second-order valence-corrected chi connectivity index (χ2v) is 12.5. The first-order valence-electron chi connectivity index (χ1n) is 11.4. The van der Waals surface area contributed by atoms with Crippen molar-refractivity contribution >= 4 is 54.0 Å². The molecule has 34 heavy (non-hydrogen) atoms. The van der Waals surface area contributed by atoms with Crippen molar-refractivity contribution in [2.45, 2.75) is 48.5 Å². The minimum Gasteiger partial charge on any atom is -0.497 e. The molecule has 2 aliphatic heterocycles. The van der Waals surface area contributed by atoms with Crippen LogP contribution < -0.4 is 9.64 Å². The lowest BCUT2D eigenvalue weighted by molar-refractivity contribution is -0.123. The summed E-state index contributed by atoms with van der Waals surface area (Å²) in [6.45, 7) is 1.37. The zero-order valence-corrected chi connectivity index (χ0v) is 21.3. The van der Waals surface area contributed by atoms with Gasteiger partial charge in [-0.25, -0.2) is 13.4 Å². The fourth-order valence-corrected chi connectivity index (χ4v) is 8.27. The molecule has 0 aliphatic carbocycles. The molecule has 2 aromatic heterocycles. The average Bonchev–Trinajstić information content (AvgIpc) is 3.63. The maximum absolute atomic E-state index is 14.0. The highest BCUT2D eigenvalue weighted by atomic mass is 32.2. The Kier molecular flexibility index (Phi) is 6.90. The molecule has 2 saturated heterocycles. The number of thiophene rings is 1. The minimum absolute atomic E-state index is 0.0866. The summed E-state index contributed by atoms with van der Waals surface area (Å²) in [5.41, 5.74) is 0.746. The third-order valence-electron chi connectivity index (χ3n) is 6.29. The van der Waals surface area contributed by atoms with Gasteiger partial charge in [0.1, 0.15) is 16.0 Å². The second kappa shape index (κ2) is 9.90. The van der Waals surface area contributed by atoms with E-state index in [1.165, 1.54) is 27.0 Å². The lowest BCUT2D eigenvalue weighted by atomic mass is 10.0. The number of fused-ring (bicyclic) bond motifs is 1. The first kappa shape index (κ1) is 23.7. The molecule has 1 aromatic carbocycles. The third kappa shape index (κ3) is 4.59. The van der Waals surface area contributed by atoms with Crippen molar-refractivity contribution in [3.8, 4) is 5.75 Å². The largest absolute Gasteiger partial charge is 0.497 e. The summed E-state index contributed by atoms with van der Waals surface area (Å²) < 4.78 is 40.5. The molecule has 2 aliphatic rings. The Morgan fingerprint density at radius 3 is 2.88 bits per heavy atom. The molecule has 182 valence electrons. The number of sulfonamides is 1. The van der Waals surface area contributed by atoms with E-state index >= 15 is 0 Å². The normalized spacial score (nSPS) is 21.7. The van der Waals surface area contributed by atoms with Crippen LogP contribution in [0.3, 0.4) is 0 Å². The van der Waals surface area contributed by atoms with Crippen molar-refractivity contribution in [3.63, 3.8) is 0 Å². The number of rotatable bonds is 7. The maximum atomic E-state index is 14.0. The van der Waals surface area contributed by atoms with Gasteiger partial charge < -0.3 is 9.47 Å². The summed E-state index contributed by atoms with van der Waals surface area (Å²) in [5, 5.41) is 2.30. The van der Waals surface area contributed by atoms with E-state index < -0.39 is 16.1 Å². The number of ether oxygens (including phenoxy) is 2.